The van der Waals surface area contributed by atoms with E-state index in [1.165, 1.54) is 12.8 Å². The van der Waals surface area contributed by atoms with E-state index in [1.807, 2.05) is 0 Å². The molecule has 80 valence electrons. The van der Waals surface area contributed by atoms with Crippen LogP contribution in [0.2, 0.25) is 5.15 Å². The van der Waals surface area contributed by atoms with E-state index >= 15 is 0 Å². The SMILES string of the molecule is Clc1nccnc1OC[C@@H]1C[C@H]2C[C@H]2N1. The average molecular weight is 226 g/mol. The summed E-state index contributed by atoms with van der Waals surface area (Å²) in [4.78, 5) is 7.93. The number of aromatic nitrogens is 2. The molecular weight excluding hydrogens is 214 g/mol. The Balaban J connectivity index is 1.55. The minimum absolute atomic E-state index is 0.334. The molecule has 1 aromatic rings. The van der Waals surface area contributed by atoms with Crippen LogP contribution >= 0.6 is 11.6 Å². The van der Waals surface area contributed by atoms with Gasteiger partial charge in [0.1, 0.15) is 6.61 Å². The van der Waals surface area contributed by atoms with E-state index < -0.39 is 0 Å². The number of fused-ring (bicyclic) bond motifs is 1. The van der Waals surface area contributed by atoms with Crippen LogP contribution in [0.4, 0.5) is 0 Å². The van der Waals surface area contributed by atoms with Gasteiger partial charge in [0.2, 0.25) is 0 Å². The zero-order chi connectivity index (χ0) is 10.3. The average Bonchev–Trinajstić information content (AvgIpc) is 2.85. The first kappa shape index (κ1) is 9.36. The van der Waals surface area contributed by atoms with Gasteiger partial charge in [-0.15, -0.1) is 0 Å². The molecule has 1 aromatic heterocycles. The van der Waals surface area contributed by atoms with Gasteiger partial charge in [-0.05, 0) is 18.8 Å². The number of rotatable bonds is 3. The second kappa shape index (κ2) is 3.61. The quantitative estimate of drug-likeness (QED) is 0.842. The first-order valence-corrected chi connectivity index (χ1v) is 5.56. The highest BCUT2D eigenvalue weighted by atomic mass is 35.5. The predicted molar refractivity (Wildman–Crippen MR) is 56.0 cm³/mol. The number of hydrogen-bond acceptors (Lipinski definition) is 4. The summed E-state index contributed by atoms with van der Waals surface area (Å²) in [6.45, 7) is 0.630. The minimum atomic E-state index is 0.334. The summed E-state index contributed by atoms with van der Waals surface area (Å²) in [6, 6.07) is 1.20. The van der Waals surface area contributed by atoms with E-state index in [0.717, 1.165) is 12.0 Å². The van der Waals surface area contributed by atoms with Gasteiger partial charge < -0.3 is 10.1 Å². The second-order valence-corrected chi connectivity index (χ2v) is 4.52. The molecule has 0 spiro atoms. The number of ether oxygens (including phenoxy) is 1. The molecular formula is C10H12ClN3O. The van der Waals surface area contributed by atoms with Crippen molar-refractivity contribution in [2.24, 2.45) is 5.92 Å². The maximum absolute atomic E-state index is 5.83. The van der Waals surface area contributed by atoms with E-state index in [4.69, 9.17) is 16.3 Å². The fraction of sp³-hybridized carbons (Fsp3) is 0.600. The molecule has 2 fully saturated rings. The number of halogens is 1. The summed E-state index contributed by atoms with van der Waals surface area (Å²) in [7, 11) is 0. The van der Waals surface area contributed by atoms with Gasteiger partial charge in [-0.2, -0.15) is 0 Å². The van der Waals surface area contributed by atoms with Gasteiger partial charge in [0, 0.05) is 24.5 Å². The molecule has 2 heterocycles. The highest BCUT2D eigenvalue weighted by Gasteiger charge is 2.45. The summed E-state index contributed by atoms with van der Waals surface area (Å²) >= 11 is 5.83. The first-order valence-electron chi connectivity index (χ1n) is 5.18. The Hall–Kier alpha value is -0.870. The normalized spacial score (nSPS) is 32.5. The Kier molecular flexibility index (Phi) is 2.25. The Bertz CT molecular complexity index is 363. The zero-order valence-electron chi connectivity index (χ0n) is 8.19. The van der Waals surface area contributed by atoms with Crippen LogP contribution in [-0.4, -0.2) is 28.7 Å². The smallest absolute Gasteiger partial charge is 0.252 e. The van der Waals surface area contributed by atoms with Crippen LogP contribution in [0.15, 0.2) is 12.4 Å². The van der Waals surface area contributed by atoms with Gasteiger partial charge in [0.25, 0.3) is 5.88 Å². The molecule has 0 aromatic carbocycles. The molecule has 1 aliphatic carbocycles. The van der Waals surface area contributed by atoms with Crippen molar-refractivity contribution in [2.45, 2.75) is 24.9 Å². The van der Waals surface area contributed by atoms with Gasteiger partial charge in [0.15, 0.2) is 5.15 Å². The molecule has 3 rings (SSSR count). The summed E-state index contributed by atoms with van der Waals surface area (Å²) in [5.41, 5.74) is 0. The van der Waals surface area contributed by atoms with Crippen molar-refractivity contribution in [2.75, 3.05) is 6.61 Å². The standard InChI is InChI=1S/C10H12ClN3O/c11-9-10(13-2-1-12-9)15-5-7-3-6-4-8(6)14-7/h1-2,6-8,14H,3-5H2/t6-,7-,8+/m0/s1. The summed E-state index contributed by atoms with van der Waals surface area (Å²) in [5.74, 6) is 1.32. The van der Waals surface area contributed by atoms with Crippen molar-refractivity contribution in [1.29, 1.82) is 0 Å². The van der Waals surface area contributed by atoms with Crippen molar-refractivity contribution in [3.63, 3.8) is 0 Å². The number of nitrogens with zero attached hydrogens (tertiary/aromatic N) is 2. The van der Waals surface area contributed by atoms with Gasteiger partial charge >= 0.3 is 0 Å². The molecule has 3 atom stereocenters. The molecule has 4 nitrogen and oxygen atoms in total. The van der Waals surface area contributed by atoms with E-state index in [2.05, 4.69) is 15.3 Å². The van der Waals surface area contributed by atoms with E-state index in [-0.39, 0.29) is 0 Å². The fourth-order valence-corrected chi connectivity index (χ4v) is 2.31. The highest BCUT2D eigenvalue weighted by Crippen LogP contribution is 2.40. The Morgan fingerprint density at radius 2 is 2.27 bits per heavy atom. The predicted octanol–water partition coefficient (Wildman–Crippen LogP) is 1.26. The molecule has 2 aliphatic rings. The Morgan fingerprint density at radius 3 is 3.00 bits per heavy atom. The van der Waals surface area contributed by atoms with Crippen molar-refractivity contribution in [1.82, 2.24) is 15.3 Å². The molecule has 1 saturated carbocycles. The van der Waals surface area contributed by atoms with Crippen LogP contribution < -0.4 is 10.1 Å². The van der Waals surface area contributed by atoms with Crippen molar-refractivity contribution >= 4 is 11.6 Å². The van der Waals surface area contributed by atoms with Crippen LogP contribution in [-0.2, 0) is 0 Å². The molecule has 15 heavy (non-hydrogen) atoms. The maximum atomic E-state index is 5.83. The van der Waals surface area contributed by atoms with Gasteiger partial charge in [-0.1, -0.05) is 11.6 Å². The van der Waals surface area contributed by atoms with Crippen molar-refractivity contribution in [3.05, 3.63) is 17.5 Å². The Morgan fingerprint density at radius 1 is 1.40 bits per heavy atom. The van der Waals surface area contributed by atoms with E-state index in [9.17, 15) is 0 Å². The first-order chi connectivity index (χ1) is 7.33. The monoisotopic (exact) mass is 225 g/mol. The Labute approximate surface area is 93.0 Å². The van der Waals surface area contributed by atoms with Crippen LogP contribution in [0.1, 0.15) is 12.8 Å². The van der Waals surface area contributed by atoms with Crippen molar-refractivity contribution in [3.8, 4) is 5.88 Å². The fourth-order valence-electron chi connectivity index (χ4n) is 2.15. The molecule has 0 bridgehead atoms. The molecule has 0 radical (unpaired) electrons. The second-order valence-electron chi connectivity index (χ2n) is 4.16. The van der Waals surface area contributed by atoms with Gasteiger partial charge in [-0.25, -0.2) is 9.97 Å². The lowest BCUT2D eigenvalue weighted by Gasteiger charge is -2.13. The maximum Gasteiger partial charge on any atom is 0.252 e. The number of piperidine rings is 1. The van der Waals surface area contributed by atoms with Crippen LogP contribution in [0.3, 0.4) is 0 Å². The molecule has 5 heteroatoms. The molecule has 0 unspecified atom stereocenters. The molecule has 0 amide bonds. The largest absolute Gasteiger partial charge is 0.474 e. The van der Waals surface area contributed by atoms with E-state index in [1.54, 1.807) is 12.4 Å². The van der Waals surface area contributed by atoms with Gasteiger partial charge in [0.05, 0.1) is 0 Å². The number of hydrogen-bond donors (Lipinski definition) is 1. The summed E-state index contributed by atoms with van der Waals surface area (Å²) in [6.07, 6.45) is 5.68. The third-order valence-electron chi connectivity index (χ3n) is 3.00. The lowest BCUT2D eigenvalue weighted by Crippen LogP contribution is -2.31. The van der Waals surface area contributed by atoms with Crippen molar-refractivity contribution < 1.29 is 4.74 Å². The molecule has 1 aliphatic heterocycles. The lowest BCUT2D eigenvalue weighted by atomic mass is 10.2. The molecule has 1 N–H and O–H groups in total. The third-order valence-corrected chi connectivity index (χ3v) is 3.26. The number of nitrogens with one attached hydrogen (secondary N) is 1. The summed E-state index contributed by atoms with van der Waals surface area (Å²) < 4.78 is 5.52. The van der Waals surface area contributed by atoms with Gasteiger partial charge in [-0.3, -0.25) is 0 Å². The van der Waals surface area contributed by atoms with Crippen LogP contribution in [0.5, 0.6) is 5.88 Å². The van der Waals surface area contributed by atoms with E-state index in [0.29, 0.717) is 23.7 Å². The lowest BCUT2D eigenvalue weighted by molar-refractivity contribution is 0.258. The van der Waals surface area contributed by atoms with Crippen LogP contribution in [0.25, 0.3) is 0 Å². The minimum Gasteiger partial charge on any atom is -0.474 e. The van der Waals surface area contributed by atoms with Crippen LogP contribution in [0, 0.1) is 5.92 Å². The molecule has 1 saturated heterocycles. The highest BCUT2D eigenvalue weighted by molar-refractivity contribution is 6.30. The third kappa shape index (κ3) is 1.92. The topological polar surface area (TPSA) is 47.0 Å². The zero-order valence-corrected chi connectivity index (χ0v) is 8.94. The summed E-state index contributed by atoms with van der Waals surface area (Å²) in [5, 5.41) is 3.84.